The first-order chi connectivity index (χ1) is 13.2. The second-order valence-corrected chi connectivity index (χ2v) is 6.92. The molecule has 0 bridgehead atoms. The van der Waals surface area contributed by atoms with Crippen molar-refractivity contribution in [3.8, 4) is 0 Å². The smallest absolute Gasteiger partial charge is 0.164 e. The number of fused-ring (bicyclic) bond motifs is 1. The second-order valence-electron chi connectivity index (χ2n) is 6.92. The zero-order valence-corrected chi connectivity index (χ0v) is 14.7. The summed E-state index contributed by atoms with van der Waals surface area (Å²) < 4.78 is 34.8. The van der Waals surface area contributed by atoms with Crippen LogP contribution < -0.4 is 5.73 Å². The van der Waals surface area contributed by atoms with E-state index in [4.69, 9.17) is 10.5 Å². The summed E-state index contributed by atoms with van der Waals surface area (Å²) in [6, 6.07) is 4.94. The minimum absolute atomic E-state index is 0.224. The number of aliphatic hydroxyl groups excluding tert-OH is 2. The Kier molecular flexibility index (Phi) is 4.31. The first-order valence-electron chi connectivity index (χ1n) is 8.48. The van der Waals surface area contributed by atoms with Crippen molar-refractivity contribution in [1.82, 2.24) is 14.5 Å². The van der Waals surface area contributed by atoms with Gasteiger partial charge in [0.1, 0.15) is 41.7 Å². The fraction of sp³-hybridized carbons (Fsp3) is 0.333. The molecule has 1 aliphatic heterocycles. The number of rotatable bonds is 3. The molecule has 10 heteroatoms. The Bertz CT molecular complexity index is 1040. The number of nitrogen functional groups attached to an aromatic ring is 1. The van der Waals surface area contributed by atoms with Gasteiger partial charge in [0.05, 0.1) is 5.39 Å². The summed E-state index contributed by atoms with van der Waals surface area (Å²) in [6.07, 6.45) is -3.06. The Labute approximate surface area is 157 Å². The predicted octanol–water partition coefficient (Wildman–Crippen LogP) is 1.03. The molecule has 3 aromatic rings. The quantitative estimate of drug-likeness (QED) is 0.524. The van der Waals surface area contributed by atoms with Gasteiger partial charge < -0.3 is 30.4 Å². The van der Waals surface area contributed by atoms with Gasteiger partial charge in [-0.1, -0.05) is 12.1 Å². The van der Waals surface area contributed by atoms with Crippen molar-refractivity contribution in [3.63, 3.8) is 0 Å². The SMILES string of the molecule is C[C@@]1(O)[C@@H]([C@H](O)c2cccc(F)c2F)O[C@@H](n2ccc3c(N)ncnc32)[C@@H]1O. The molecule has 0 saturated carbocycles. The van der Waals surface area contributed by atoms with Crippen molar-refractivity contribution in [1.29, 1.82) is 0 Å². The Balaban J connectivity index is 1.73. The van der Waals surface area contributed by atoms with Gasteiger partial charge in [-0.3, -0.25) is 0 Å². The van der Waals surface area contributed by atoms with E-state index in [2.05, 4.69) is 9.97 Å². The third-order valence-corrected chi connectivity index (χ3v) is 5.13. The van der Waals surface area contributed by atoms with E-state index < -0.39 is 41.8 Å². The van der Waals surface area contributed by atoms with Gasteiger partial charge in [0, 0.05) is 11.8 Å². The summed E-state index contributed by atoms with van der Waals surface area (Å²) in [4.78, 5) is 7.99. The first kappa shape index (κ1) is 18.7. The van der Waals surface area contributed by atoms with Crippen LogP contribution in [0.2, 0.25) is 0 Å². The highest BCUT2D eigenvalue weighted by Crippen LogP contribution is 2.43. The van der Waals surface area contributed by atoms with Gasteiger partial charge in [0.25, 0.3) is 0 Å². The van der Waals surface area contributed by atoms with Gasteiger partial charge in [-0.05, 0) is 19.1 Å². The fourth-order valence-corrected chi connectivity index (χ4v) is 3.54. The molecule has 1 saturated heterocycles. The van der Waals surface area contributed by atoms with Gasteiger partial charge in [-0.25, -0.2) is 18.7 Å². The predicted molar refractivity (Wildman–Crippen MR) is 93.8 cm³/mol. The molecule has 8 nitrogen and oxygen atoms in total. The van der Waals surface area contributed by atoms with Crippen molar-refractivity contribution in [3.05, 3.63) is 54.0 Å². The number of halogens is 2. The molecule has 5 atom stereocenters. The van der Waals surface area contributed by atoms with Gasteiger partial charge in [0.2, 0.25) is 0 Å². The molecule has 2 aromatic heterocycles. The highest BCUT2D eigenvalue weighted by Gasteiger charge is 2.56. The number of hydrogen-bond donors (Lipinski definition) is 4. The van der Waals surface area contributed by atoms with E-state index in [1.54, 1.807) is 6.07 Å². The van der Waals surface area contributed by atoms with Crippen LogP contribution >= 0.6 is 0 Å². The number of hydrogen-bond acceptors (Lipinski definition) is 7. The van der Waals surface area contributed by atoms with Crippen LogP contribution in [0.3, 0.4) is 0 Å². The lowest BCUT2D eigenvalue weighted by Gasteiger charge is -2.29. The normalized spacial score (nSPS) is 28.7. The number of aromatic nitrogens is 3. The van der Waals surface area contributed by atoms with Crippen LogP contribution in [0.25, 0.3) is 11.0 Å². The van der Waals surface area contributed by atoms with Crippen LogP contribution in [0.4, 0.5) is 14.6 Å². The third kappa shape index (κ3) is 2.65. The molecule has 1 aromatic carbocycles. The molecular formula is C18H18F2N4O4. The minimum atomic E-state index is -1.97. The first-order valence-corrected chi connectivity index (χ1v) is 8.48. The van der Waals surface area contributed by atoms with Crippen molar-refractivity contribution in [2.45, 2.75) is 37.1 Å². The summed E-state index contributed by atoms with van der Waals surface area (Å²) in [5.41, 5.74) is 3.79. The third-order valence-electron chi connectivity index (χ3n) is 5.13. The molecule has 0 spiro atoms. The van der Waals surface area contributed by atoms with Gasteiger partial charge in [0.15, 0.2) is 17.9 Å². The monoisotopic (exact) mass is 392 g/mol. The maximum absolute atomic E-state index is 14.1. The van der Waals surface area contributed by atoms with E-state index >= 15 is 0 Å². The van der Waals surface area contributed by atoms with Crippen LogP contribution in [0.1, 0.15) is 24.8 Å². The van der Waals surface area contributed by atoms with E-state index in [1.165, 1.54) is 36.1 Å². The van der Waals surface area contributed by atoms with E-state index in [9.17, 15) is 24.1 Å². The zero-order valence-electron chi connectivity index (χ0n) is 14.7. The van der Waals surface area contributed by atoms with E-state index in [0.717, 1.165) is 6.07 Å². The molecule has 148 valence electrons. The number of aliphatic hydroxyl groups is 3. The molecule has 0 amide bonds. The summed E-state index contributed by atoms with van der Waals surface area (Å²) in [6.45, 7) is 1.25. The van der Waals surface area contributed by atoms with E-state index in [0.29, 0.717) is 11.0 Å². The molecule has 3 heterocycles. The molecular weight excluding hydrogens is 374 g/mol. The average Bonchev–Trinajstić information content (AvgIpc) is 3.18. The number of nitrogens with zero attached hydrogens (tertiary/aromatic N) is 3. The van der Waals surface area contributed by atoms with Crippen molar-refractivity contribution < 1.29 is 28.8 Å². The summed E-state index contributed by atoms with van der Waals surface area (Å²) >= 11 is 0. The number of nitrogens with two attached hydrogens (primary N) is 1. The summed E-state index contributed by atoms with van der Waals surface area (Å²) in [5, 5.41) is 32.6. The Morgan fingerprint density at radius 2 is 2.04 bits per heavy atom. The van der Waals surface area contributed by atoms with Gasteiger partial charge in [-0.15, -0.1) is 0 Å². The lowest BCUT2D eigenvalue weighted by atomic mass is 9.88. The molecule has 5 N–H and O–H groups in total. The van der Waals surface area contributed by atoms with Crippen LogP contribution in [-0.4, -0.2) is 47.7 Å². The highest BCUT2D eigenvalue weighted by molar-refractivity contribution is 5.86. The summed E-state index contributed by atoms with van der Waals surface area (Å²) in [5.74, 6) is -2.17. The van der Waals surface area contributed by atoms with Crippen molar-refractivity contribution in [2.24, 2.45) is 0 Å². The van der Waals surface area contributed by atoms with E-state index in [1.807, 2.05) is 0 Å². The maximum Gasteiger partial charge on any atom is 0.164 e. The van der Waals surface area contributed by atoms with Gasteiger partial charge >= 0.3 is 0 Å². The number of benzene rings is 1. The molecule has 0 aliphatic carbocycles. The van der Waals surface area contributed by atoms with Crippen LogP contribution in [0.5, 0.6) is 0 Å². The zero-order chi connectivity index (χ0) is 20.2. The standard InChI is InChI=1S/C18H18F2N4O4/c1-18(27)13(26)17(24-6-5-9-15(21)22-7-23-16(9)24)28-14(18)12(25)8-3-2-4-10(19)11(8)20/h2-7,12-14,17,25-27H,1H3,(H2,21,22,23)/t12-,13+,14-,17-,18+/m1/s1. The molecule has 4 rings (SSSR count). The molecule has 1 fully saturated rings. The largest absolute Gasteiger partial charge is 0.385 e. The molecule has 0 unspecified atom stereocenters. The van der Waals surface area contributed by atoms with Crippen molar-refractivity contribution in [2.75, 3.05) is 5.73 Å². The summed E-state index contributed by atoms with van der Waals surface area (Å²) in [7, 11) is 0. The lowest BCUT2D eigenvalue weighted by Crippen LogP contribution is -2.47. The number of ether oxygens (including phenoxy) is 1. The maximum atomic E-state index is 14.1. The second kappa shape index (κ2) is 6.45. The Morgan fingerprint density at radius 1 is 1.29 bits per heavy atom. The van der Waals surface area contributed by atoms with Crippen LogP contribution in [-0.2, 0) is 4.74 Å². The highest BCUT2D eigenvalue weighted by atomic mass is 19.2. The Morgan fingerprint density at radius 3 is 2.79 bits per heavy atom. The molecule has 1 aliphatic rings. The van der Waals surface area contributed by atoms with E-state index in [-0.39, 0.29) is 11.4 Å². The van der Waals surface area contributed by atoms with Crippen LogP contribution in [0, 0.1) is 11.6 Å². The van der Waals surface area contributed by atoms with Crippen molar-refractivity contribution >= 4 is 16.9 Å². The number of anilines is 1. The molecule has 28 heavy (non-hydrogen) atoms. The molecule has 0 radical (unpaired) electrons. The Hall–Kier alpha value is -2.66. The van der Waals surface area contributed by atoms with Gasteiger partial charge in [-0.2, -0.15) is 0 Å². The minimum Gasteiger partial charge on any atom is -0.385 e. The lowest BCUT2D eigenvalue weighted by molar-refractivity contribution is -0.115. The fourth-order valence-electron chi connectivity index (χ4n) is 3.54. The average molecular weight is 392 g/mol. The topological polar surface area (TPSA) is 127 Å². The van der Waals surface area contributed by atoms with Crippen LogP contribution in [0.15, 0.2) is 36.8 Å².